The SMILES string of the molecule is COc1ccc(C(=O)N(C)C2CCCCC2N)cc1O. The summed E-state index contributed by atoms with van der Waals surface area (Å²) >= 11 is 0. The number of likely N-dealkylation sites (N-methyl/N-ethyl adjacent to an activating group) is 1. The largest absolute Gasteiger partial charge is 0.504 e. The molecule has 2 unspecified atom stereocenters. The molecule has 1 fully saturated rings. The van der Waals surface area contributed by atoms with Gasteiger partial charge in [0.05, 0.1) is 7.11 Å². The van der Waals surface area contributed by atoms with E-state index >= 15 is 0 Å². The Labute approximate surface area is 119 Å². The monoisotopic (exact) mass is 278 g/mol. The molecule has 0 spiro atoms. The molecular formula is C15H22N2O3. The zero-order valence-electron chi connectivity index (χ0n) is 12.0. The summed E-state index contributed by atoms with van der Waals surface area (Å²) in [4.78, 5) is 14.2. The highest BCUT2D eigenvalue weighted by molar-refractivity contribution is 5.95. The summed E-state index contributed by atoms with van der Waals surface area (Å²) in [6.07, 6.45) is 4.12. The van der Waals surface area contributed by atoms with E-state index in [1.807, 2.05) is 0 Å². The molecule has 110 valence electrons. The summed E-state index contributed by atoms with van der Waals surface area (Å²) in [7, 11) is 3.25. The van der Waals surface area contributed by atoms with Crippen LogP contribution in [0.4, 0.5) is 0 Å². The lowest BCUT2D eigenvalue weighted by Crippen LogP contribution is -2.50. The fraction of sp³-hybridized carbons (Fsp3) is 0.533. The van der Waals surface area contributed by atoms with Crippen LogP contribution in [0.3, 0.4) is 0 Å². The lowest BCUT2D eigenvalue weighted by atomic mass is 9.90. The van der Waals surface area contributed by atoms with Crippen molar-refractivity contribution < 1.29 is 14.6 Å². The first kappa shape index (κ1) is 14.7. The van der Waals surface area contributed by atoms with Crippen LogP contribution in [0, 0.1) is 0 Å². The Hall–Kier alpha value is -1.75. The fourth-order valence-corrected chi connectivity index (χ4v) is 2.80. The molecule has 0 heterocycles. The minimum absolute atomic E-state index is 0.0281. The van der Waals surface area contributed by atoms with Crippen LogP contribution in [0.5, 0.6) is 11.5 Å². The molecule has 1 aliphatic carbocycles. The average molecular weight is 278 g/mol. The Balaban J connectivity index is 2.15. The number of carbonyl (C=O) groups is 1. The Morgan fingerprint density at radius 3 is 2.70 bits per heavy atom. The van der Waals surface area contributed by atoms with Gasteiger partial charge in [-0.05, 0) is 31.0 Å². The van der Waals surface area contributed by atoms with Gasteiger partial charge in [-0.1, -0.05) is 12.8 Å². The predicted molar refractivity (Wildman–Crippen MR) is 77.0 cm³/mol. The first-order chi connectivity index (χ1) is 9.54. The highest BCUT2D eigenvalue weighted by Crippen LogP contribution is 2.28. The molecule has 2 rings (SSSR count). The maximum absolute atomic E-state index is 12.5. The summed E-state index contributed by atoms with van der Waals surface area (Å²) in [5, 5.41) is 9.76. The number of methoxy groups -OCH3 is 1. The standard InChI is InChI=1S/C15H22N2O3/c1-17(12-6-4-3-5-11(12)16)15(19)10-7-8-14(20-2)13(18)9-10/h7-9,11-12,18H,3-6,16H2,1-2H3. The quantitative estimate of drug-likeness (QED) is 0.883. The van der Waals surface area contributed by atoms with Crippen LogP contribution < -0.4 is 10.5 Å². The third-order valence-electron chi connectivity index (χ3n) is 4.03. The van der Waals surface area contributed by atoms with E-state index in [-0.39, 0.29) is 23.7 Å². The summed E-state index contributed by atoms with van der Waals surface area (Å²) < 4.78 is 4.98. The Kier molecular flexibility index (Phi) is 4.49. The number of hydrogen-bond donors (Lipinski definition) is 2. The van der Waals surface area contributed by atoms with Crippen LogP contribution >= 0.6 is 0 Å². The van der Waals surface area contributed by atoms with E-state index < -0.39 is 0 Å². The van der Waals surface area contributed by atoms with Gasteiger partial charge in [0, 0.05) is 24.7 Å². The van der Waals surface area contributed by atoms with Gasteiger partial charge in [-0.25, -0.2) is 0 Å². The number of benzene rings is 1. The lowest BCUT2D eigenvalue weighted by Gasteiger charge is -2.36. The van der Waals surface area contributed by atoms with Gasteiger partial charge in [0.15, 0.2) is 11.5 Å². The molecule has 1 saturated carbocycles. The van der Waals surface area contributed by atoms with Gasteiger partial charge in [-0.15, -0.1) is 0 Å². The van der Waals surface area contributed by atoms with E-state index in [0.717, 1.165) is 25.7 Å². The molecule has 0 bridgehead atoms. The second-order valence-electron chi connectivity index (χ2n) is 5.32. The van der Waals surface area contributed by atoms with E-state index in [9.17, 15) is 9.90 Å². The van der Waals surface area contributed by atoms with Gasteiger partial charge in [-0.2, -0.15) is 0 Å². The molecular weight excluding hydrogens is 256 g/mol. The van der Waals surface area contributed by atoms with Crippen molar-refractivity contribution >= 4 is 5.91 Å². The van der Waals surface area contributed by atoms with E-state index in [0.29, 0.717) is 11.3 Å². The topological polar surface area (TPSA) is 75.8 Å². The third-order valence-corrected chi connectivity index (χ3v) is 4.03. The van der Waals surface area contributed by atoms with Gasteiger partial charge in [0.1, 0.15) is 0 Å². The smallest absolute Gasteiger partial charge is 0.254 e. The summed E-state index contributed by atoms with van der Waals surface area (Å²) in [6, 6.07) is 4.79. The molecule has 1 aromatic carbocycles. The first-order valence-corrected chi connectivity index (χ1v) is 6.94. The van der Waals surface area contributed by atoms with Crippen molar-refractivity contribution in [2.24, 2.45) is 5.73 Å². The Morgan fingerprint density at radius 1 is 1.40 bits per heavy atom. The molecule has 0 aromatic heterocycles. The normalized spacial score (nSPS) is 22.4. The van der Waals surface area contributed by atoms with Crippen molar-refractivity contribution in [1.82, 2.24) is 4.90 Å². The van der Waals surface area contributed by atoms with Crippen molar-refractivity contribution in [3.63, 3.8) is 0 Å². The highest BCUT2D eigenvalue weighted by Gasteiger charge is 2.29. The van der Waals surface area contributed by atoms with Crippen LogP contribution in [-0.4, -0.2) is 42.2 Å². The predicted octanol–water partition coefficient (Wildman–Crippen LogP) is 1.74. The van der Waals surface area contributed by atoms with Gasteiger partial charge < -0.3 is 20.5 Å². The first-order valence-electron chi connectivity index (χ1n) is 6.94. The van der Waals surface area contributed by atoms with E-state index in [4.69, 9.17) is 10.5 Å². The summed E-state index contributed by atoms with van der Waals surface area (Å²) in [5.74, 6) is 0.212. The molecule has 0 radical (unpaired) electrons. The lowest BCUT2D eigenvalue weighted by molar-refractivity contribution is 0.0671. The molecule has 1 aliphatic rings. The van der Waals surface area contributed by atoms with Crippen molar-refractivity contribution in [3.8, 4) is 11.5 Å². The van der Waals surface area contributed by atoms with Crippen molar-refractivity contribution in [2.45, 2.75) is 37.8 Å². The zero-order valence-corrected chi connectivity index (χ0v) is 12.0. The second-order valence-corrected chi connectivity index (χ2v) is 5.32. The van der Waals surface area contributed by atoms with Gasteiger partial charge in [-0.3, -0.25) is 4.79 Å². The van der Waals surface area contributed by atoms with Gasteiger partial charge in [0.25, 0.3) is 5.91 Å². The minimum atomic E-state index is -0.120. The number of phenols is 1. The number of carbonyl (C=O) groups excluding carboxylic acids is 1. The van der Waals surface area contributed by atoms with Gasteiger partial charge in [0.2, 0.25) is 0 Å². The minimum Gasteiger partial charge on any atom is -0.504 e. The zero-order chi connectivity index (χ0) is 14.7. The van der Waals surface area contributed by atoms with Crippen molar-refractivity contribution in [1.29, 1.82) is 0 Å². The van der Waals surface area contributed by atoms with Crippen molar-refractivity contribution in [3.05, 3.63) is 23.8 Å². The molecule has 3 N–H and O–H groups in total. The number of ether oxygens (including phenoxy) is 1. The Morgan fingerprint density at radius 2 is 2.10 bits per heavy atom. The Bertz CT molecular complexity index is 490. The van der Waals surface area contributed by atoms with Crippen molar-refractivity contribution in [2.75, 3.05) is 14.2 Å². The maximum atomic E-state index is 12.5. The van der Waals surface area contributed by atoms with E-state index in [1.165, 1.54) is 13.2 Å². The molecule has 0 aliphatic heterocycles. The van der Waals surface area contributed by atoms with Crippen LogP contribution in [0.2, 0.25) is 0 Å². The number of hydrogen-bond acceptors (Lipinski definition) is 4. The van der Waals surface area contributed by atoms with Crippen LogP contribution in [-0.2, 0) is 0 Å². The third kappa shape index (κ3) is 2.88. The number of amides is 1. The van der Waals surface area contributed by atoms with Crippen LogP contribution in [0.1, 0.15) is 36.0 Å². The maximum Gasteiger partial charge on any atom is 0.254 e. The van der Waals surface area contributed by atoms with Gasteiger partial charge >= 0.3 is 0 Å². The number of rotatable bonds is 3. The molecule has 5 heteroatoms. The number of nitrogens with two attached hydrogens (primary N) is 1. The van der Waals surface area contributed by atoms with E-state index in [2.05, 4.69) is 0 Å². The van der Waals surface area contributed by atoms with Crippen LogP contribution in [0.15, 0.2) is 18.2 Å². The number of phenolic OH excluding ortho intramolecular Hbond substituents is 1. The average Bonchev–Trinajstić information content (AvgIpc) is 2.46. The van der Waals surface area contributed by atoms with E-state index in [1.54, 1.807) is 24.1 Å². The number of nitrogens with zero attached hydrogens (tertiary/aromatic N) is 1. The molecule has 2 atom stereocenters. The second kappa shape index (κ2) is 6.13. The summed E-state index contributed by atoms with van der Waals surface area (Å²) in [6.45, 7) is 0. The number of aromatic hydroxyl groups is 1. The van der Waals surface area contributed by atoms with Crippen LogP contribution in [0.25, 0.3) is 0 Å². The molecule has 1 amide bonds. The molecule has 1 aromatic rings. The molecule has 20 heavy (non-hydrogen) atoms. The summed E-state index contributed by atoms with van der Waals surface area (Å²) in [5.41, 5.74) is 6.56. The molecule has 5 nitrogen and oxygen atoms in total. The molecule has 0 saturated heterocycles. The highest BCUT2D eigenvalue weighted by atomic mass is 16.5. The fourth-order valence-electron chi connectivity index (χ4n) is 2.80.